The fourth-order valence-electron chi connectivity index (χ4n) is 3.46. The highest BCUT2D eigenvalue weighted by atomic mass is 16.2. The van der Waals surface area contributed by atoms with E-state index in [9.17, 15) is 4.79 Å². The highest BCUT2D eigenvalue weighted by Crippen LogP contribution is 2.18. The van der Waals surface area contributed by atoms with Gasteiger partial charge in [0, 0.05) is 58.3 Å². The molecule has 2 aliphatic rings. The van der Waals surface area contributed by atoms with E-state index in [1.165, 1.54) is 0 Å². The van der Waals surface area contributed by atoms with Gasteiger partial charge in [-0.25, -0.2) is 0 Å². The normalized spacial score (nSPS) is 18.1. The van der Waals surface area contributed by atoms with Crippen molar-refractivity contribution in [3.05, 3.63) is 12.2 Å². The second-order valence-corrected chi connectivity index (χ2v) is 7.88. The van der Waals surface area contributed by atoms with Crippen molar-refractivity contribution in [2.75, 3.05) is 45.8 Å². The van der Waals surface area contributed by atoms with E-state index in [0.717, 1.165) is 89.7 Å². The Balaban J connectivity index is 1.46. The number of amides is 1. The molecule has 1 amide bonds. The Morgan fingerprint density at radius 3 is 2.72 bits per heavy atom. The fourth-order valence-corrected chi connectivity index (χ4v) is 3.46. The van der Waals surface area contributed by atoms with Crippen molar-refractivity contribution in [1.29, 1.82) is 0 Å². The maximum Gasteiger partial charge on any atom is 0.234 e. The van der Waals surface area contributed by atoms with Gasteiger partial charge in [0.05, 0.1) is 6.54 Å². The van der Waals surface area contributed by atoms with Crippen LogP contribution < -0.4 is 10.6 Å². The van der Waals surface area contributed by atoms with Crippen molar-refractivity contribution in [3.63, 3.8) is 0 Å². The molecule has 1 saturated carbocycles. The molecule has 1 aliphatic carbocycles. The molecule has 0 spiro atoms. The number of piperazine rings is 1. The summed E-state index contributed by atoms with van der Waals surface area (Å²) < 4.78 is 2.09. The first-order valence-electron chi connectivity index (χ1n) is 11.1. The van der Waals surface area contributed by atoms with Crippen molar-refractivity contribution in [2.45, 2.75) is 58.5 Å². The molecule has 0 unspecified atom stereocenters. The average molecular weight is 405 g/mol. The molecule has 2 fully saturated rings. The first-order valence-corrected chi connectivity index (χ1v) is 11.1. The third-order valence-electron chi connectivity index (χ3n) is 5.40. The van der Waals surface area contributed by atoms with Gasteiger partial charge in [-0.1, -0.05) is 20.3 Å². The average Bonchev–Trinajstić information content (AvgIpc) is 3.41. The second kappa shape index (κ2) is 11.1. The number of nitrogens with zero attached hydrogens (tertiary/aromatic N) is 6. The van der Waals surface area contributed by atoms with Gasteiger partial charge >= 0.3 is 0 Å². The van der Waals surface area contributed by atoms with E-state index in [1.807, 2.05) is 0 Å². The van der Waals surface area contributed by atoms with Crippen LogP contribution in [0.1, 0.15) is 45.4 Å². The molecule has 1 aliphatic heterocycles. The fraction of sp³-hybridized carbons (Fsp3) is 0.800. The standard InChI is InChI=1S/C20H36N8O/c1-3-5-8-21-20(22-9-10-28-16-23-25-18(28)4-2)27-13-11-26(12-14-27)15-19(29)24-17-6-7-17/h16-17H,3-15H2,1-2H3,(H,21,22)(H,24,29). The van der Waals surface area contributed by atoms with E-state index in [0.29, 0.717) is 12.6 Å². The first-order chi connectivity index (χ1) is 14.2. The van der Waals surface area contributed by atoms with Crippen LogP contribution >= 0.6 is 0 Å². The van der Waals surface area contributed by atoms with Crippen LogP contribution in [0.15, 0.2) is 11.3 Å². The van der Waals surface area contributed by atoms with Crippen molar-refractivity contribution >= 4 is 11.9 Å². The summed E-state index contributed by atoms with van der Waals surface area (Å²) in [6.07, 6.45) is 7.18. The third-order valence-corrected chi connectivity index (χ3v) is 5.40. The number of aryl methyl sites for hydroxylation is 1. The second-order valence-electron chi connectivity index (χ2n) is 7.88. The topological polar surface area (TPSA) is 90.7 Å². The minimum absolute atomic E-state index is 0.164. The number of guanidine groups is 1. The van der Waals surface area contributed by atoms with Gasteiger partial charge in [0.1, 0.15) is 12.2 Å². The lowest BCUT2D eigenvalue weighted by Crippen LogP contribution is -2.54. The quantitative estimate of drug-likeness (QED) is 0.335. The molecule has 2 heterocycles. The summed E-state index contributed by atoms with van der Waals surface area (Å²) >= 11 is 0. The molecule has 0 bridgehead atoms. The van der Waals surface area contributed by atoms with Crippen molar-refractivity contribution in [2.24, 2.45) is 4.99 Å². The zero-order chi connectivity index (χ0) is 20.5. The van der Waals surface area contributed by atoms with E-state index in [2.05, 4.69) is 49.0 Å². The monoisotopic (exact) mass is 404 g/mol. The lowest BCUT2D eigenvalue weighted by molar-refractivity contribution is -0.122. The maximum atomic E-state index is 12.0. The number of unbranched alkanes of at least 4 members (excludes halogenated alkanes) is 1. The van der Waals surface area contributed by atoms with E-state index in [-0.39, 0.29) is 5.91 Å². The number of aliphatic imine (C=N–C) groups is 1. The number of hydrogen-bond acceptors (Lipinski definition) is 5. The van der Waals surface area contributed by atoms with E-state index >= 15 is 0 Å². The summed E-state index contributed by atoms with van der Waals surface area (Å²) in [7, 11) is 0. The van der Waals surface area contributed by atoms with Crippen molar-refractivity contribution in [1.82, 2.24) is 35.2 Å². The minimum Gasteiger partial charge on any atom is -0.354 e. The van der Waals surface area contributed by atoms with Crippen LogP contribution in [0.25, 0.3) is 0 Å². The predicted molar refractivity (Wildman–Crippen MR) is 114 cm³/mol. The Labute approximate surface area is 173 Å². The lowest BCUT2D eigenvalue weighted by Gasteiger charge is -2.36. The molecule has 2 N–H and O–H groups in total. The number of nitrogens with one attached hydrogen (secondary N) is 2. The van der Waals surface area contributed by atoms with E-state index < -0.39 is 0 Å². The van der Waals surface area contributed by atoms with Gasteiger partial charge in [0.15, 0.2) is 5.96 Å². The molecule has 1 aromatic rings. The molecule has 1 saturated heterocycles. The summed E-state index contributed by atoms with van der Waals surface area (Å²) in [4.78, 5) is 21.4. The van der Waals surface area contributed by atoms with Gasteiger partial charge in [0.25, 0.3) is 0 Å². The highest BCUT2D eigenvalue weighted by molar-refractivity contribution is 5.80. The smallest absolute Gasteiger partial charge is 0.234 e. The van der Waals surface area contributed by atoms with Crippen LogP contribution in [0, 0.1) is 0 Å². The van der Waals surface area contributed by atoms with Crippen LogP contribution in [-0.4, -0.2) is 88.3 Å². The number of rotatable bonds is 10. The molecule has 0 radical (unpaired) electrons. The van der Waals surface area contributed by atoms with Crippen LogP contribution in [0.5, 0.6) is 0 Å². The lowest BCUT2D eigenvalue weighted by atomic mass is 10.3. The van der Waals surface area contributed by atoms with Gasteiger partial charge in [-0.2, -0.15) is 0 Å². The van der Waals surface area contributed by atoms with Crippen LogP contribution in [-0.2, 0) is 17.8 Å². The highest BCUT2D eigenvalue weighted by Gasteiger charge is 2.26. The maximum absolute atomic E-state index is 12.0. The molecule has 1 aromatic heterocycles. The molecular weight excluding hydrogens is 368 g/mol. The molecule has 9 heteroatoms. The van der Waals surface area contributed by atoms with Gasteiger partial charge in [0.2, 0.25) is 5.91 Å². The number of hydrogen-bond donors (Lipinski definition) is 2. The number of aromatic nitrogens is 3. The van der Waals surface area contributed by atoms with Gasteiger partial charge in [-0.3, -0.25) is 14.7 Å². The summed E-state index contributed by atoms with van der Waals surface area (Å²) in [6, 6.07) is 0.434. The predicted octanol–water partition coefficient (Wildman–Crippen LogP) is 0.482. The SMILES string of the molecule is CCCCN=C(NCCn1cnnc1CC)N1CCN(CC(=O)NC2CC2)CC1. The zero-order valence-corrected chi connectivity index (χ0v) is 17.9. The summed E-state index contributed by atoms with van der Waals surface area (Å²) in [5, 5.41) is 14.8. The Bertz CT molecular complexity index is 661. The summed E-state index contributed by atoms with van der Waals surface area (Å²) in [5.74, 6) is 2.15. The Hall–Kier alpha value is -2.16. The number of carbonyl (C=O) groups excluding carboxylic acids is 1. The van der Waals surface area contributed by atoms with E-state index in [1.54, 1.807) is 6.33 Å². The Morgan fingerprint density at radius 1 is 1.24 bits per heavy atom. The molecule has 162 valence electrons. The van der Waals surface area contributed by atoms with Gasteiger partial charge < -0.3 is 20.1 Å². The number of carbonyl (C=O) groups is 1. The van der Waals surface area contributed by atoms with E-state index in [4.69, 9.17) is 4.99 Å². The van der Waals surface area contributed by atoms with Crippen molar-refractivity contribution < 1.29 is 4.79 Å². The zero-order valence-electron chi connectivity index (χ0n) is 17.9. The van der Waals surface area contributed by atoms with Crippen LogP contribution in [0.2, 0.25) is 0 Å². The van der Waals surface area contributed by atoms with Crippen LogP contribution in [0.3, 0.4) is 0 Å². The van der Waals surface area contributed by atoms with Gasteiger partial charge in [-0.15, -0.1) is 10.2 Å². The minimum atomic E-state index is 0.164. The largest absolute Gasteiger partial charge is 0.354 e. The third kappa shape index (κ3) is 6.99. The molecule has 0 aromatic carbocycles. The Morgan fingerprint density at radius 2 is 2.03 bits per heavy atom. The van der Waals surface area contributed by atoms with Gasteiger partial charge in [-0.05, 0) is 19.3 Å². The summed E-state index contributed by atoms with van der Waals surface area (Å²) in [6.45, 7) is 10.8. The molecule has 29 heavy (non-hydrogen) atoms. The molecule has 9 nitrogen and oxygen atoms in total. The van der Waals surface area contributed by atoms with Crippen molar-refractivity contribution in [3.8, 4) is 0 Å². The Kier molecular flexibility index (Phi) is 8.27. The first kappa shape index (κ1) is 21.5. The molecule has 3 rings (SSSR count). The molecule has 0 atom stereocenters. The molecular formula is C20H36N8O. The summed E-state index contributed by atoms with van der Waals surface area (Å²) in [5.41, 5.74) is 0. The van der Waals surface area contributed by atoms with Crippen LogP contribution in [0.4, 0.5) is 0 Å².